The van der Waals surface area contributed by atoms with Gasteiger partial charge in [0, 0.05) is 18.5 Å². The number of hydrogen-bond acceptors (Lipinski definition) is 5. The average molecular weight is 343 g/mol. The maximum absolute atomic E-state index is 12.9. The Labute approximate surface area is 145 Å². The van der Waals surface area contributed by atoms with Crippen LogP contribution in [0.25, 0.3) is 21.7 Å². The van der Waals surface area contributed by atoms with Crippen molar-refractivity contribution in [2.24, 2.45) is 0 Å². The van der Waals surface area contributed by atoms with Crippen LogP contribution in [0, 0.1) is 13.8 Å². The third-order valence-corrected chi connectivity index (χ3v) is 5.06. The summed E-state index contributed by atoms with van der Waals surface area (Å²) in [5.74, 6) is -0.0170. The molecule has 3 heterocycles. The summed E-state index contributed by atoms with van der Waals surface area (Å²) in [6.45, 7) is 6.74. The average Bonchev–Trinajstić information content (AvgIpc) is 3.17. The maximum atomic E-state index is 12.9. The van der Waals surface area contributed by atoms with E-state index in [2.05, 4.69) is 24.0 Å². The molecule has 24 heavy (non-hydrogen) atoms. The van der Waals surface area contributed by atoms with Gasteiger partial charge in [0.05, 0.1) is 27.2 Å². The van der Waals surface area contributed by atoms with Gasteiger partial charge in [-0.1, -0.05) is 18.5 Å². The molecule has 0 atom stereocenters. The lowest BCUT2D eigenvalue weighted by atomic mass is 10.1. The van der Waals surface area contributed by atoms with Gasteiger partial charge in [0.25, 0.3) is 11.6 Å². The molecular formula is C18H21N3O2S. The van der Waals surface area contributed by atoms with Gasteiger partial charge in [0.15, 0.2) is 0 Å². The zero-order valence-electron chi connectivity index (χ0n) is 14.4. The van der Waals surface area contributed by atoms with E-state index in [1.807, 2.05) is 32.2 Å². The summed E-state index contributed by atoms with van der Waals surface area (Å²) in [6.07, 6.45) is 2.03. The van der Waals surface area contributed by atoms with Crippen LogP contribution in [0.5, 0.6) is 0 Å². The zero-order valence-corrected chi connectivity index (χ0v) is 15.2. The van der Waals surface area contributed by atoms with Gasteiger partial charge in [-0.2, -0.15) is 0 Å². The Kier molecular flexibility index (Phi) is 4.66. The molecule has 0 radical (unpaired) electrons. The number of pyridine rings is 1. The van der Waals surface area contributed by atoms with Crippen molar-refractivity contribution >= 4 is 28.3 Å². The van der Waals surface area contributed by atoms with Crippen molar-refractivity contribution in [2.45, 2.75) is 33.6 Å². The van der Waals surface area contributed by atoms with E-state index in [0.29, 0.717) is 22.4 Å². The molecule has 0 unspecified atom stereocenters. The van der Waals surface area contributed by atoms with Crippen LogP contribution in [0.15, 0.2) is 22.7 Å². The second-order valence-electron chi connectivity index (χ2n) is 5.99. The molecule has 3 aromatic rings. The molecule has 6 heteroatoms. The van der Waals surface area contributed by atoms with E-state index in [0.717, 1.165) is 30.0 Å². The lowest BCUT2D eigenvalue weighted by molar-refractivity contribution is 0.0795. The van der Waals surface area contributed by atoms with E-state index >= 15 is 0 Å². The normalized spacial score (nSPS) is 11.2. The minimum atomic E-state index is -0.0170. The lowest BCUT2D eigenvalue weighted by Gasteiger charge is -2.17. The number of carbonyl (C=O) groups is 1. The van der Waals surface area contributed by atoms with Gasteiger partial charge in [-0.25, -0.2) is 4.98 Å². The molecule has 1 amide bonds. The van der Waals surface area contributed by atoms with E-state index in [-0.39, 0.29) is 5.91 Å². The highest BCUT2D eigenvalue weighted by Crippen LogP contribution is 2.31. The smallest absolute Gasteiger partial charge is 0.259 e. The van der Waals surface area contributed by atoms with Crippen molar-refractivity contribution in [3.8, 4) is 10.6 Å². The minimum absolute atomic E-state index is 0.0170. The van der Waals surface area contributed by atoms with Crippen LogP contribution >= 0.6 is 11.3 Å². The largest absolute Gasteiger partial charge is 0.342 e. The monoisotopic (exact) mass is 343 g/mol. The Morgan fingerprint density at radius 2 is 2.12 bits per heavy atom. The predicted octanol–water partition coefficient (Wildman–Crippen LogP) is 4.44. The Balaban J connectivity index is 2.10. The highest BCUT2D eigenvalue weighted by molar-refractivity contribution is 7.15. The number of unbranched alkanes of at least 4 members (excludes halogenated alkanes) is 1. The highest BCUT2D eigenvalue weighted by Gasteiger charge is 2.22. The summed E-state index contributed by atoms with van der Waals surface area (Å²) in [7, 11) is 1.84. The fraction of sp³-hybridized carbons (Fsp3) is 0.389. The van der Waals surface area contributed by atoms with E-state index in [1.54, 1.807) is 16.2 Å². The number of fused-ring (bicyclic) bond motifs is 1. The highest BCUT2D eigenvalue weighted by atomic mass is 32.1. The van der Waals surface area contributed by atoms with Gasteiger partial charge >= 0.3 is 0 Å². The Morgan fingerprint density at radius 1 is 1.33 bits per heavy atom. The molecule has 5 nitrogen and oxygen atoms in total. The molecular weight excluding hydrogens is 322 g/mol. The SMILES string of the molecule is CCCCN(C)C(=O)c1cc(-c2ccc(C)s2)nc2onc(C)c12. The van der Waals surface area contributed by atoms with Crippen molar-refractivity contribution in [1.82, 2.24) is 15.0 Å². The molecule has 0 aromatic carbocycles. The Morgan fingerprint density at radius 3 is 2.79 bits per heavy atom. The van der Waals surface area contributed by atoms with Gasteiger partial charge < -0.3 is 9.42 Å². The second kappa shape index (κ2) is 6.73. The second-order valence-corrected chi connectivity index (χ2v) is 7.28. The number of thiophene rings is 1. The molecule has 0 saturated heterocycles. The zero-order chi connectivity index (χ0) is 17.3. The quantitative estimate of drug-likeness (QED) is 0.687. The first kappa shape index (κ1) is 16.6. The molecule has 0 aliphatic carbocycles. The number of nitrogens with zero attached hydrogens (tertiary/aromatic N) is 3. The van der Waals surface area contributed by atoms with Crippen molar-refractivity contribution in [1.29, 1.82) is 0 Å². The van der Waals surface area contributed by atoms with Crippen molar-refractivity contribution < 1.29 is 9.32 Å². The number of aryl methyl sites for hydroxylation is 2. The number of hydrogen-bond donors (Lipinski definition) is 0. The van der Waals surface area contributed by atoms with Crippen LogP contribution in [-0.4, -0.2) is 34.5 Å². The van der Waals surface area contributed by atoms with Crippen LogP contribution in [0.2, 0.25) is 0 Å². The number of carbonyl (C=O) groups excluding carboxylic acids is 1. The van der Waals surface area contributed by atoms with Gasteiger partial charge in [-0.3, -0.25) is 4.79 Å². The van der Waals surface area contributed by atoms with Crippen molar-refractivity contribution in [2.75, 3.05) is 13.6 Å². The van der Waals surface area contributed by atoms with Crippen LogP contribution in [0.1, 0.15) is 40.7 Å². The molecule has 0 saturated carbocycles. The van der Waals surface area contributed by atoms with E-state index in [1.165, 1.54) is 4.88 Å². The summed E-state index contributed by atoms with van der Waals surface area (Å²) in [5, 5.41) is 4.70. The molecule has 0 fully saturated rings. The van der Waals surface area contributed by atoms with E-state index < -0.39 is 0 Å². The summed E-state index contributed by atoms with van der Waals surface area (Å²) in [6, 6.07) is 5.93. The summed E-state index contributed by atoms with van der Waals surface area (Å²) >= 11 is 1.65. The fourth-order valence-electron chi connectivity index (χ4n) is 2.66. The van der Waals surface area contributed by atoms with Gasteiger partial charge in [-0.15, -0.1) is 11.3 Å². The minimum Gasteiger partial charge on any atom is -0.342 e. The fourth-order valence-corrected chi connectivity index (χ4v) is 3.49. The molecule has 0 aliphatic rings. The maximum Gasteiger partial charge on any atom is 0.259 e. The Hall–Kier alpha value is -2.21. The summed E-state index contributed by atoms with van der Waals surface area (Å²) in [5.41, 5.74) is 2.48. The molecule has 0 N–H and O–H groups in total. The Bertz CT molecular complexity index is 882. The van der Waals surface area contributed by atoms with Crippen LogP contribution in [-0.2, 0) is 0 Å². The number of amides is 1. The van der Waals surface area contributed by atoms with E-state index in [4.69, 9.17) is 4.52 Å². The molecule has 3 aromatic heterocycles. The first-order valence-electron chi connectivity index (χ1n) is 8.10. The van der Waals surface area contributed by atoms with Crippen molar-refractivity contribution in [3.05, 3.63) is 34.3 Å². The van der Waals surface area contributed by atoms with Crippen LogP contribution < -0.4 is 0 Å². The van der Waals surface area contributed by atoms with Crippen molar-refractivity contribution in [3.63, 3.8) is 0 Å². The molecule has 3 rings (SSSR count). The lowest BCUT2D eigenvalue weighted by Crippen LogP contribution is -2.28. The first-order chi connectivity index (χ1) is 11.5. The van der Waals surface area contributed by atoms with Gasteiger partial charge in [0.2, 0.25) is 0 Å². The van der Waals surface area contributed by atoms with Crippen LogP contribution in [0.3, 0.4) is 0 Å². The first-order valence-corrected chi connectivity index (χ1v) is 8.92. The topological polar surface area (TPSA) is 59.2 Å². The van der Waals surface area contributed by atoms with Crippen LogP contribution in [0.4, 0.5) is 0 Å². The van der Waals surface area contributed by atoms with E-state index in [9.17, 15) is 4.79 Å². The molecule has 0 spiro atoms. The standard InChI is InChI=1S/C18H21N3O2S/c1-5-6-9-21(4)18(22)13-10-14(15-8-7-11(2)24-15)19-17-16(13)12(3)20-23-17/h7-8,10H,5-6,9H2,1-4H3. The van der Waals surface area contributed by atoms with Gasteiger partial charge in [0.1, 0.15) is 0 Å². The molecule has 0 bridgehead atoms. The third kappa shape index (κ3) is 3.06. The molecule has 126 valence electrons. The summed E-state index contributed by atoms with van der Waals surface area (Å²) in [4.78, 5) is 21.5. The number of rotatable bonds is 5. The summed E-state index contributed by atoms with van der Waals surface area (Å²) < 4.78 is 5.34. The number of aromatic nitrogens is 2. The third-order valence-electron chi connectivity index (χ3n) is 4.03. The van der Waals surface area contributed by atoms with Gasteiger partial charge in [-0.05, 0) is 38.5 Å². The molecule has 0 aliphatic heterocycles. The predicted molar refractivity (Wildman–Crippen MR) is 96.5 cm³/mol.